The van der Waals surface area contributed by atoms with Crippen molar-refractivity contribution in [3.63, 3.8) is 0 Å². The Bertz CT molecular complexity index is 3180. The molecular weight excluding hydrogens is 701 g/mol. The van der Waals surface area contributed by atoms with Crippen molar-refractivity contribution < 1.29 is 0 Å². The van der Waals surface area contributed by atoms with E-state index in [1.165, 1.54) is 30.9 Å². The van der Waals surface area contributed by atoms with Crippen LogP contribution in [-0.4, -0.2) is 19.5 Å². The van der Waals surface area contributed by atoms with Crippen molar-refractivity contribution in [1.29, 1.82) is 0 Å². The van der Waals surface area contributed by atoms with Crippen molar-refractivity contribution in [2.24, 2.45) is 0 Å². The van der Waals surface area contributed by atoms with Gasteiger partial charge in [0.05, 0.1) is 11.0 Å². The van der Waals surface area contributed by atoms with Gasteiger partial charge < -0.3 is 4.57 Å². The lowest BCUT2D eigenvalue weighted by Crippen LogP contribution is -2.01. The third-order valence-corrected chi connectivity index (χ3v) is 11.9. The number of fused-ring (bicyclic) bond motifs is 6. The summed E-state index contributed by atoms with van der Waals surface area (Å²) in [7, 11) is 0. The second kappa shape index (κ2) is 13.3. The number of hydrogen-bond donors (Lipinski definition) is 0. The van der Waals surface area contributed by atoms with Crippen LogP contribution in [0.3, 0.4) is 0 Å². The fourth-order valence-electron chi connectivity index (χ4n) is 7.99. The Labute approximate surface area is 327 Å². The zero-order valence-electron chi connectivity index (χ0n) is 30.2. The summed E-state index contributed by atoms with van der Waals surface area (Å²) in [5, 5.41) is 4.84. The predicted octanol–water partition coefficient (Wildman–Crippen LogP) is 13.7. The van der Waals surface area contributed by atoms with E-state index < -0.39 is 0 Å². The maximum atomic E-state index is 5.33. The highest BCUT2D eigenvalue weighted by Gasteiger charge is 2.19. The van der Waals surface area contributed by atoms with Crippen LogP contribution in [0.1, 0.15) is 0 Å². The van der Waals surface area contributed by atoms with E-state index in [-0.39, 0.29) is 0 Å². The van der Waals surface area contributed by atoms with Crippen LogP contribution in [0.5, 0.6) is 0 Å². The van der Waals surface area contributed by atoms with Gasteiger partial charge in [0, 0.05) is 53.3 Å². The van der Waals surface area contributed by atoms with E-state index in [1.807, 2.05) is 0 Å². The molecule has 0 radical (unpaired) electrons. The lowest BCUT2D eigenvalue weighted by Gasteiger charge is -2.13. The summed E-state index contributed by atoms with van der Waals surface area (Å²) in [6.45, 7) is 0. The summed E-state index contributed by atoms with van der Waals surface area (Å²) < 4.78 is 4.75. The molecular formula is C51H32N4S. The van der Waals surface area contributed by atoms with Crippen LogP contribution >= 0.6 is 11.3 Å². The first-order chi connectivity index (χ1) is 27.7. The fourth-order valence-corrected chi connectivity index (χ4v) is 9.21. The average molecular weight is 733 g/mol. The molecule has 3 aromatic heterocycles. The molecule has 0 N–H and O–H groups in total. The number of benzene rings is 8. The second-order valence-electron chi connectivity index (χ2n) is 14.0. The van der Waals surface area contributed by atoms with Gasteiger partial charge in [0.2, 0.25) is 0 Å². The molecule has 0 fully saturated rings. The molecule has 0 atom stereocenters. The molecule has 0 aliphatic heterocycles. The quantitative estimate of drug-likeness (QED) is 0.171. The minimum Gasteiger partial charge on any atom is -0.309 e. The first kappa shape index (κ1) is 32.2. The molecule has 5 heteroatoms. The highest BCUT2D eigenvalue weighted by atomic mass is 32.1. The van der Waals surface area contributed by atoms with Crippen molar-refractivity contribution in [1.82, 2.24) is 19.5 Å². The highest BCUT2D eigenvalue weighted by Crippen LogP contribution is 2.41. The monoisotopic (exact) mass is 732 g/mol. The van der Waals surface area contributed by atoms with Gasteiger partial charge in [0.15, 0.2) is 17.5 Å². The SMILES string of the molecule is c1ccc(-c2cc(-c3ccccc3)cc(-c3nc(-c4ccc5c6ccccc6n(-c6ccccc6)c5c4)nc(-c4cccc5c4sc4ccccc45)n3)c2)cc1. The lowest BCUT2D eigenvalue weighted by molar-refractivity contribution is 1.08. The van der Waals surface area contributed by atoms with E-state index >= 15 is 0 Å². The van der Waals surface area contributed by atoms with Crippen LogP contribution in [0.2, 0.25) is 0 Å². The Morgan fingerprint density at radius 2 is 0.893 bits per heavy atom. The van der Waals surface area contributed by atoms with Crippen molar-refractivity contribution in [2.75, 3.05) is 0 Å². The highest BCUT2D eigenvalue weighted by molar-refractivity contribution is 7.26. The zero-order valence-corrected chi connectivity index (χ0v) is 31.0. The number of hydrogen-bond acceptors (Lipinski definition) is 4. The summed E-state index contributed by atoms with van der Waals surface area (Å²) in [5.41, 5.74) is 10.7. The maximum Gasteiger partial charge on any atom is 0.165 e. The van der Waals surface area contributed by atoms with Gasteiger partial charge in [-0.25, -0.2) is 15.0 Å². The summed E-state index contributed by atoms with van der Waals surface area (Å²) in [5.74, 6) is 1.90. The molecule has 262 valence electrons. The molecule has 0 spiro atoms. The first-order valence-electron chi connectivity index (χ1n) is 18.8. The normalized spacial score (nSPS) is 11.6. The van der Waals surface area contributed by atoms with Crippen molar-refractivity contribution in [3.8, 4) is 62.1 Å². The van der Waals surface area contributed by atoms with E-state index in [4.69, 9.17) is 15.0 Å². The Hall–Kier alpha value is -7.21. The molecule has 0 saturated heterocycles. The van der Waals surface area contributed by atoms with Crippen LogP contribution in [0.4, 0.5) is 0 Å². The van der Waals surface area contributed by atoms with Gasteiger partial charge in [-0.15, -0.1) is 11.3 Å². The largest absolute Gasteiger partial charge is 0.309 e. The van der Waals surface area contributed by atoms with Gasteiger partial charge in [-0.1, -0.05) is 140 Å². The van der Waals surface area contributed by atoms with E-state index in [2.05, 4.69) is 199 Å². The Morgan fingerprint density at radius 3 is 1.62 bits per heavy atom. The molecule has 56 heavy (non-hydrogen) atoms. The smallest absolute Gasteiger partial charge is 0.165 e. The van der Waals surface area contributed by atoms with E-state index in [1.54, 1.807) is 11.3 Å². The Morgan fingerprint density at radius 1 is 0.339 bits per heavy atom. The predicted molar refractivity (Wildman–Crippen MR) is 234 cm³/mol. The molecule has 4 nitrogen and oxygen atoms in total. The van der Waals surface area contributed by atoms with Gasteiger partial charge in [-0.05, 0) is 76.9 Å². The summed E-state index contributed by atoms with van der Waals surface area (Å²) in [6, 6.07) is 68.6. The van der Waals surface area contributed by atoms with Crippen LogP contribution in [0, 0.1) is 0 Å². The Balaban J connectivity index is 1.18. The van der Waals surface area contributed by atoms with Gasteiger partial charge in [-0.2, -0.15) is 0 Å². The fraction of sp³-hybridized carbons (Fsp3) is 0. The molecule has 11 rings (SSSR count). The third kappa shape index (κ3) is 5.48. The van der Waals surface area contributed by atoms with Crippen LogP contribution in [0.25, 0.3) is 104 Å². The van der Waals surface area contributed by atoms with Crippen LogP contribution in [-0.2, 0) is 0 Å². The minimum atomic E-state index is 0.626. The van der Waals surface area contributed by atoms with Crippen LogP contribution in [0.15, 0.2) is 194 Å². The molecule has 0 bridgehead atoms. The number of nitrogens with zero attached hydrogens (tertiary/aromatic N) is 4. The lowest BCUT2D eigenvalue weighted by atomic mass is 9.96. The molecule has 0 saturated carbocycles. The average Bonchev–Trinajstić information content (AvgIpc) is 3.83. The van der Waals surface area contributed by atoms with Gasteiger partial charge in [0.1, 0.15) is 0 Å². The molecule has 0 amide bonds. The molecule has 3 heterocycles. The molecule has 0 aliphatic rings. The van der Waals surface area contributed by atoms with E-state index in [9.17, 15) is 0 Å². The Kier molecular flexibility index (Phi) is 7.64. The van der Waals surface area contributed by atoms with E-state index in [0.717, 1.165) is 55.7 Å². The summed E-state index contributed by atoms with van der Waals surface area (Å²) in [4.78, 5) is 16.0. The zero-order chi connectivity index (χ0) is 37.0. The molecule has 11 aromatic rings. The first-order valence-corrected chi connectivity index (χ1v) is 19.6. The topological polar surface area (TPSA) is 43.6 Å². The maximum absolute atomic E-state index is 5.33. The van der Waals surface area contributed by atoms with Gasteiger partial charge in [0.25, 0.3) is 0 Å². The molecule has 0 unspecified atom stereocenters. The third-order valence-electron chi connectivity index (χ3n) is 10.6. The second-order valence-corrected chi connectivity index (χ2v) is 15.1. The summed E-state index contributed by atoms with van der Waals surface area (Å²) >= 11 is 1.79. The van der Waals surface area contributed by atoms with E-state index in [0.29, 0.717) is 17.5 Å². The van der Waals surface area contributed by atoms with Crippen LogP contribution < -0.4 is 0 Å². The van der Waals surface area contributed by atoms with Crippen molar-refractivity contribution in [3.05, 3.63) is 194 Å². The summed E-state index contributed by atoms with van der Waals surface area (Å²) in [6.07, 6.45) is 0. The number of aromatic nitrogens is 4. The minimum absolute atomic E-state index is 0.626. The number of para-hydroxylation sites is 2. The van der Waals surface area contributed by atoms with Crippen molar-refractivity contribution in [2.45, 2.75) is 0 Å². The number of rotatable bonds is 6. The standard InChI is InChI=1S/C51H32N4S/c1-4-15-33(16-5-1)36-29-37(34-17-6-2-7-18-34)31-38(30-36)50-52-49(53-51(54-50)44-24-14-23-43-42-22-11-13-26-47(42)56-48(43)44)35-27-28-41-40-21-10-12-25-45(40)55(46(41)32-35)39-19-8-3-9-20-39/h1-32H. The van der Waals surface area contributed by atoms with Gasteiger partial charge in [-0.3, -0.25) is 0 Å². The molecule has 0 aliphatic carbocycles. The molecule has 8 aromatic carbocycles. The van der Waals surface area contributed by atoms with Crippen molar-refractivity contribution >= 4 is 53.3 Å². The number of thiophene rings is 1. The van der Waals surface area contributed by atoms with Gasteiger partial charge >= 0.3 is 0 Å².